The number of hydrogen-bond acceptors (Lipinski definition) is 2. The molecule has 0 bridgehead atoms. The molecule has 0 radical (unpaired) electrons. The van der Waals surface area contributed by atoms with Crippen LogP contribution in [0.3, 0.4) is 0 Å². The van der Waals surface area contributed by atoms with Crippen molar-refractivity contribution in [1.29, 1.82) is 0 Å². The van der Waals surface area contributed by atoms with Gasteiger partial charge in [0.2, 0.25) is 0 Å². The molecule has 4 heteroatoms. The number of hydrogen-bond donors (Lipinski definition) is 1. The summed E-state index contributed by atoms with van der Waals surface area (Å²) >= 11 is 12.0. The Morgan fingerprint density at radius 1 is 1.05 bits per heavy atom. The van der Waals surface area contributed by atoms with Crippen molar-refractivity contribution < 1.29 is 9.84 Å². The van der Waals surface area contributed by atoms with E-state index in [0.29, 0.717) is 15.6 Å². The molecule has 0 saturated carbocycles. The highest BCUT2D eigenvalue weighted by atomic mass is 35.5. The molecule has 0 heterocycles. The molecule has 1 N–H and O–H groups in total. The van der Waals surface area contributed by atoms with Crippen molar-refractivity contribution in [2.75, 3.05) is 7.11 Å². The third kappa shape index (κ3) is 3.28. The van der Waals surface area contributed by atoms with E-state index in [0.717, 1.165) is 5.56 Å². The van der Waals surface area contributed by atoms with Crippen LogP contribution < -0.4 is 0 Å². The summed E-state index contributed by atoms with van der Waals surface area (Å²) in [4.78, 5) is 0. The van der Waals surface area contributed by atoms with Crippen LogP contribution in [0.2, 0.25) is 10.0 Å². The highest BCUT2D eigenvalue weighted by Gasteiger charge is 2.24. The summed E-state index contributed by atoms with van der Waals surface area (Å²) in [5.74, 6) is 0. The maximum atomic E-state index is 10.5. The number of rotatable bonds is 4. The van der Waals surface area contributed by atoms with Crippen LogP contribution in [0, 0.1) is 0 Å². The van der Waals surface area contributed by atoms with Crippen LogP contribution in [0.4, 0.5) is 0 Å². The quantitative estimate of drug-likeness (QED) is 0.905. The van der Waals surface area contributed by atoms with E-state index in [4.69, 9.17) is 27.9 Å². The van der Waals surface area contributed by atoms with Crippen LogP contribution in [0.25, 0.3) is 0 Å². The van der Waals surface area contributed by atoms with E-state index >= 15 is 0 Å². The lowest BCUT2D eigenvalue weighted by Crippen LogP contribution is -2.13. The Morgan fingerprint density at radius 2 is 1.74 bits per heavy atom. The van der Waals surface area contributed by atoms with Gasteiger partial charge in [0, 0.05) is 22.7 Å². The second-order valence-corrected chi connectivity index (χ2v) is 5.02. The normalized spacial score (nSPS) is 14.1. The fourth-order valence-corrected chi connectivity index (χ4v) is 2.40. The van der Waals surface area contributed by atoms with E-state index in [1.807, 2.05) is 30.3 Å². The Hall–Kier alpha value is -1.06. The van der Waals surface area contributed by atoms with Crippen LogP contribution in [-0.2, 0) is 4.74 Å². The standard InChI is InChI=1S/C15H14Cl2O2/c1-19-15(10-5-3-2-4-6-10)14(18)12-9-11(16)7-8-13(12)17/h2-9,14-15,18H,1H3. The molecule has 0 fully saturated rings. The van der Waals surface area contributed by atoms with E-state index in [1.54, 1.807) is 25.3 Å². The molecule has 19 heavy (non-hydrogen) atoms. The molecule has 0 aliphatic carbocycles. The number of ether oxygens (including phenoxy) is 1. The van der Waals surface area contributed by atoms with Crippen molar-refractivity contribution in [2.45, 2.75) is 12.2 Å². The minimum absolute atomic E-state index is 0.467. The summed E-state index contributed by atoms with van der Waals surface area (Å²) < 4.78 is 5.40. The summed E-state index contributed by atoms with van der Waals surface area (Å²) in [6.45, 7) is 0. The van der Waals surface area contributed by atoms with Gasteiger partial charge in [0.25, 0.3) is 0 Å². The highest BCUT2D eigenvalue weighted by molar-refractivity contribution is 6.33. The molecular weight excluding hydrogens is 283 g/mol. The van der Waals surface area contributed by atoms with Crippen LogP contribution in [-0.4, -0.2) is 12.2 Å². The molecule has 0 amide bonds. The Labute approximate surface area is 122 Å². The van der Waals surface area contributed by atoms with Crippen LogP contribution in [0.1, 0.15) is 23.3 Å². The lowest BCUT2D eigenvalue weighted by Gasteiger charge is -2.23. The molecule has 0 aromatic heterocycles. The maximum Gasteiger partial charge on any atom is 0.112 e. The molecule has 100 valence electrons. The fraction of sp³-hybridized carbons (Fsp3) is 0.200. The van der Waals surface area contributed by atoms with E-state index in [2.05, 4.69) is 0 Å². The maximum absolute atomic E-state index is 10.5. The highest BCUT2D eigenvalue weighted by Crippen LogP contribution is 2.36. The second kappa shape index (κ2) is 6.40. The average Bonchev–Trinajstić information content (AvgIpc) is 2.43. The second-order valence-electron chi connectivity index (χ2n) is 4.18. The van der Waals surface area contributed by atoms with Crippen molar-refractivity contribution in [3.05, 3.63) is 69.7 Å². The van der Waals surface area contributed by atoms with Gasteiger partial charge in [-0.05, 0) is 23.8 Å². The van der Waals surface area contributed by atoms with E-state index in [1.165, 1.54) is 0 Å². The minimum Gasteiger partial charge on any atom is -0.385 e. The van der Waals surface area contributed by atoms with Gasteiger partial charge in [-0.25, -0.2) is 0 Å². The van der Waals surface area contributed by atoms with Gasteiger partial charge >= 0.3 is 0 Å². The topological polar surface area (TPSA) is 29.5 Å². The smallest absolute Gasteiger partial charge is 0.112 e. The largest absolute Gasteiger partial charge is 0.385 e. The molecule has 0 aliphatic rings. The summed E-state index contributed by atoms with van der Waals surface area (Å²) in [6, 6.07) is 14.5. The molecule has 2 aromatic rings. The SMILES string of the molecule is COC(c1ccccc1)C(O)c1cc(Cl)ccc1Cl. The van der Waals surface area contributed by atoms with Gasteiger partial charge in [-0.1, -0.05) is 53.5 Å². The first-order chi connectivity index (χ1) is 9.13. The van der Waals surface area contributed by atoms with Crippen LogP contribution in [0.15, 0.2) is 48.5 Å². The Kier molecular flexibility index (Phi) is 4.83. The molecule has 0 spiro atoms. The molecule has 0 saturated heterocycles. The van der Waals surface area contributed by atoms with E-state index < -0.39 is 12.2 Å². The predicted octanol–water partition coefficient (Wildman–Crippen LogP) is 4.41. The lowest BCUT2D eigenvalue weighted by atomic mass is 9.98. The third-order valence-electron chi connectivity index (χ3n) is 2.95. The van der Waals surface area contributed by atoms with Gasteiger partial charge in [-0.15, -0.1) is 0 Å². The van der Waals surface area contributed by atoms with Gasteiger partial charge in [-0.3, -0.25) is 0 Å². The van der Waals surface area contributed by atoms with E-state index in [-0.39, 0.29) is 0 Å². The predicted molar refractivity (Wildman–Crippen MR) is 77.6 cm³/mol. The molecule has 2 nitrogen and oxygen atoms in total. The Morgan fingerprint density at radius 3 is 2.37 bits per heavy atom. The monoisotopic (exact) mass is 296 g/mol. The van der Waals surface area contributed by atoms with Crippen molar-refractivity contribution in [3.63, 3.8) is 0 Å². The molecule has 2 aromatic carbocycles. The van der Waals surface area contributed by atoms with Gasteiger partial charge in [0.15, 0.2) is 0 Å². The Balaban J connectivity index is 2.36. The van der Waals surface area contributed by atoms with Crippen molar-refractivity contribution in [2.24, 2.45) is 0 Å². The molecule has 2 rings (SSSR count). The molecule has 2 unspecified atom stereocenters. The molecular formula is C15H14Cl2O2. The van der Waals surface area contributed by atoms with Gasteiger partial charge in [-0.2, -0.15) is 0 Å². The lowest BCUT2D eigenvalue weighted by molar-refractivity contribution is -0.0148. The molecule has 2 atom stereocenters. The zero-order chi connectivity index (χ0) is 13.8. The van der Waals surface area contributed by atoms with Gasteiger partial charge in [0.05, 0.1) is 0 Å². The first-order valence-corrected chi connectivity index (χ1v) is 6.60. The van der Waals surface area contributed by atoms with E-state index in [9.17, 15) is 5.11 Å². The van der Waals surface area contributed by atoms with Crippen molar-refractivity contribution in [3.8, 4) is 0 Å². The zero-order valence-corrected chi connectivity index (χ0v) is 11.9. The fourth-order valence-electron chi connectivity index (χ4n) is 1.99. The van der Waals surface area contributed by atoms with Crippen LogP contribution >= 0.6 is 23.2 Å². The minimum atomic E-state index is -0.876. The van der Waals surface area contributed by atoms with Gasteiger partial charge < -0.3 is 9.84 Å². The number of benzene rings is 2. The number of aliphatic hydroxyl groups excluding tert-OH is 1. The summed E-state index contributed by atoms with van der Waals surface area (Å²) in [5, 5.41) is 11.5. The van der Waals surface area contributed by atoms with Crippen molar-refractivity contribution in [1.82, 2.24) is 0 Å². The van der Waals surface area contributed by atoms with Gasteiger partial charge in [0.1, 0.15) is 12.2 Å². The van der Waals surface area contributed by atoms with Crippen molar-refractivity contribution >= 4 is 23.2 Å². The summed E-state index contributed by atoms with van der Waals surface area (Å²) in [5.41, 5.74) is 1.44. The number of halogens is 2. The zero-order valence-electron chi connectivity index (χ0n) is 10.4. The van der Waals surface area contributed by atoms with Crippen LogP contribution in [0.5, 0.6) is 0 Å². The number of aliphatic hydroxyl groups is 1. The summed E-state index contributed by atoms with van der Waals surface area (Å²) in [7, 11) is 1.55. The Bertz CT molecular complexity index is 543. The first-order valence-electron chi connectivity index (χ1n) is 5.84. The average molecular weight is 297 g/mol. The first kappa shape index (κ1) is 14.4. The number of methoxy groups -OCH3 is 1. The summed E-state index contributed by atoms with van der Waals surface area (Å²) in [6.07, 6.45) is -1.37. The molecule has 0 aliphatic heterocycles. The third-order valence-corrected chi connectivity index (χ3v) is 3.52.